The molecule has 35 valence electrons. The van der Waals surface area contributed by atoms with Crippen LogP contribution in [0, 0.1) is 0 Å². The highest BCUT2D eigenvalue weighted by Gasteiger charge is 2.15. The van der Waals surface area contributed by atoms with Gasteiger partial charge in [0.25, 0.3) is 5.78 Å². The minimum Gasteiger partial charge on any atom is -0.288 e. The largest absolute Gasteiger partial charge is 0.288 e. The molecule has 0 unspecified atom stereocenters. The molecule has 0 aliphatic carbocycles. The van der Waals surface area contributed by atoms with Crippen LogP contribution >= 0.6 is 0 Å². The molecule has 0 spiro atoms. The van der Waals surface area contributed by atoms with Crippen LogP contribution in [0.5, 0.6) is 0 Å². The first-order chi connectivity index (χ1) is 3.30. The zero-order valence-corrected chi connectivity index (χ0v) is 3.47. The lowest BCUT2D eigenvalue weighted by molar-refractivity contribution is -0.130. The summed E-state index contributed by atoms with van der Waals surface area (Å²) in [4.78, 5) is 23.4. The van der Waals surface area contributed by atoms with E-state index in [-0.39, 0.29) is 6.54 Å². The van der Waals surface area contributed by atoms with E-state index in [1.54, 1.807) is 0 Å². The SMILES string of the molecule is O=C1[C]=NCC1=O. The number of hydrogen-bond donors (Lipinski definition) is 0. The van der Waals surface area contributed by atoms with Crippen LogP contribution in [0.2, 0.25) is 0 Å². The van der Waals surface area contributed by atoms with E-state index in [0.717, 1.165) is 0 Å². The number of ketones is 2. The van der Waals surface area contributed by atoms with Gasteiger partial charge in [-0.2, -0.15) is 0 Å². The summed E-state index contributed by atoms with van der Waals surface area (Å²) >= 11 is 0. The van der Waals surface area contributed by atoms with Crippen molar-refractivity contribution in [2.75, 3.05) is 6.54 Å². The first kappa shape index (κ1) is 4.18. The van der Waals surface area contributed by atoms with E-state index in [4.69, 9.17) is 0 Å². The third-order valence-corrected chi connectivity index (χ3v) is 0.657. The van der Waals surface area contributed by atoms with Crippen molar-refractivity contribution in [1.82, 2.24) is 0 Å². The molecule has 3 nitrogen and oxygen atoms in total. The molecule has 0 aromatic heterocycles. The molecular weight excluding hydrogens is 94.0 g/mol. The van der Waals surface area contributed by atoms with Crippen LogP contribution in [0.3, 0.4) is 0 Å². The molecule has 0 saturated heterocycles. The number of hydrogen-bond acceptors (Lipinski definition) is 3. The molecular formula is C4H2NO2. The lowest BCUT2D eigenvalue weighted by atomic mass is 10.3. The number of aliphatic imine (C=N–C) groups is 1. The molecule has 1 aliphatic rings. The second-order valence-electron chi connectivity index (χ2n) is 1.18. The molecule has 0 fully saturated rings. The van der Waals surface area contributed by atoms with Crippen molar-refractivity contribution >= 4 is 17.8 Å². The molecule has 3 heteroatoms. The van der Waals surface area contributed by atoms with Gasteiger partial charge in [0.2, 0.25) is 5.78 Å². The van der Waals surface area contributed by atoms with Crippen LogP contribution in [0.15, 0.2) is 4.99 Å². The number of rotatable bonds is 0. The molecule has 1 radical (unpaired) electrons. The normalized spacial score (nSPS) is 18.9. The molecule has 0 saturated carbocycles. The van der Waals surface area contributed by atoms with E-state index < -0.39 is 11.6 Å². The Labute approximate surface area is 40.0 Å². The van der Waals surface area contributed by atoms with Gasteiger partial charge < -0.3 is 0 Å². The highest BCUT2D eigenvalue weighted by Crippen LogP contribution is 1.83. The molecule has 0 aromatic rings. The number of carbonyl (C=O) groups excluding carboxylic acids is 2. The molecule has 1 heterocycles. The van der Waals surface area contributed by atoms with Gasteiger partial charge in [0.1, 0.15) is 12.8 Å². The van der Waals surface area contributed by atoms with Gasteiger partial charge >= 0.3 is 0 Å². The summed E-state index contributed by atoms with van der Waals surface area (Å²) in [6.45, 7) is -0.00116. The molecule has 0 bridgehead atoms. The smallest absolute Gasteiger partial charge is 0.250 e. The molecule has 1 rings (SSSR count). The summed E-state index contributed by atoms with van der Waals surface area (Å²) in [6, 6.07) is 0. The summed E-state index contributed by atoms with van der Waals surface area (Å²) in [5, 5.41) is 0. The average Bonchev–Trinajstić information content (AvgIpc) is 1.91. The molecule has 0 amide bonds. The lowest BCUT2D eigenvalue weighted by Gasteiger charge is -1.70. The van der Waals surface area contributed by atoms with Crippen molar-refractivity contribution in [2.45, 2.75) is 0 Å². The van der Waals surface area contributed by atoms with Crippen molar-refractivity contribution in [2.24, 2.45) is 4.99 Å². The molecule has 0 N–H and O–H groups in total. The van der Waals surface area contributed by atoms with Crippen molar-refractivity contribution in [3.8, 4) is 0 Å². The Hall–Kier alpha value is -0.990. The molecule has 0 atom stereocenters. The van der Waals surface area contributed by atoms with Crippen molar-refractivity contribution in [1.29, 1.82) is 0 Å². The summed E-state index contributed by atoms with van der Waals surface area (Å²) in [6.07, 6.45) is 2.01. The Balaban J connectivity index is 2.81. The number of carbonyl (C=O) groups is 2. The van der Waals surface area contributed by atoms with E-state index in [1.807, 2.05) is 6.21 Å². The maximum atomic E-state index is 10.1. The number of Topliss-reactive ketones (excluding diaryl/α,β-unsaturated/α-hetero) is 2. The van der Waals surface area contributed by atoms with Crippen molar-refractivity contribution in [3.05, 3.63) is 0 Å². The van der Waals surface area contributed by atoms with Crippen LogP contribution in [-0.2, 0) is 9.59 Å². The fourth-order valence-corrected chi connectivity index (χ4v) is 0.317. The fourth-order valence-electron chi connectivity index (χ4n) is 0.317. The third kappa shape index (κ3) is 0.559. The molecule has 1 aliphatic heterocycles. The Kier molecular flexibility index (Phi) is 0.749. The average molecular weight is 96.1 g/mol. The van der Waals surface area contributed by atoms with Gasteiger partial charge in [0, 0.05) is 0 Å². The summed E-state index contributed by atoms with van der Waals surface area (Å²) in [7, 11) is 0. The van der Waals surface area contributed by atoms with Gasteiger partial charge in [0.05, 0.1) is 0 Å². The maximum absolute atomic E-state index is 10.1. The fraction of sp³-hybridized carbons (Fsp3) is 0.250. The van der Waals surface area contributed by atoms with Crippen LogP contribution in [0.1, 0.15) is 0 Å². The zero-order chi connectivity index (χ0) is 5.28. The predicted octanol–water partition coefficient (Wildman–Crippen LogP) is -0.914. The van der Waals surface area contributed by atoms with Crippen LogP contribution in [0.25, 0.3) is 0 Å². The highest BCUT2D eigenvalue weighted by atomic mass is 16.2. The Bertz CT molecular complexity index is 148. The second kappa shape index (κ2) is 1.26. The standard InChI is InChI=1S/C4H2NO2/c6-3-1-5-2-4(3)7/h1H2. The van der Waals surface area contributed by atoms with Crippen molar-refractivity contribution in [3.63, 3.8) is 0 Å². The monoisotopic (exact) mass is 96.0 g/mol. The van der Waals surface area contributed by atoms with E-state index in [1.165, 1.54) is 0 Å². The van der Waals surface area contributed by atoms with Gasteiger partial charge in [-0.1, -0.05) is 0 Å². The Morgan fingerprint density at radius 3 is 2.43 bits per heavy atom. The lowest BCUT2D eigenvalue weighted by Crippen LogP contribution is -2.09. The summed E-state index contributed by atoms with van der Waals surface area (Å²) < 4.78 is 0. The highest BCUT2D eigenvalue weighted by molar-refractivity contribution is 6.61. The molecule has 7 heavy (non-hydrogen) atoms. The van der Waals surface area contributed by atoms with E-state index in [9.17, 15) is 9.59 Å². The quantitative estimate of drug-likeness (QED) is 0.366. The zero-order valence-electron chi connectivity index (χ0n) is 3.47. The van der Waals surface area contributed by atoms with Crippen LogP contribution < -0.4 is 0 Å². The van der Waals surface area contributed by atoms with Gasteiger partial charge in [0.15, 0.2) is 0 Å². The van der Waals surface area contributed by atoms with Gasteiger partial charge in [-0.25, -0.2) is 0 Å². The summed E-state index contributed by atoms with van der Waals surface area (Å²) in [5.41, 5.74) is 0. The molecule has 0 aromatic carbocycles. The van der Waals surface area contributed by atoms with E-state index in [0.29, 0.717) is 0 Å². The van der Waals surface area contributed by atoms with Crippen LogP contribution in [0.4, 0.5) is 0 Å². The van der Waals surface area contributed by atoms with Gasteiger partial charge in [-0.05, 0) is 0 Å². The maximum Gasteiger partial charge on any atom is 0.250 e. The van der Waals surface area contributed by atoms with E-state index in [2.05, 4.69) is 4.99 Å². The summed E-state index contributed by atoms with van der Waals surface area (Å²) in [5.74, 6) is -1.06. The third-order valence-electron chi connectivity index (χ3n) is 0.657. The Morgan fingerprint density at radius 1 is 1.57 bits per heavy atom. The first-order valence-electron chi connectivity index (χ1n) is 1.80. The predicted molar refractivity (Wildman–Crippen MR) is 22.3 cm³/mol. The topological polar surface area (TPSA) is 46.5 Å². The van der Waals surface area contributed by atoms with Gasteiger partial charge in [-0.15, -0.1) is 0 Å². The van der Waals surface area contributed by atoms with Crippen molar-refractivity contribution < 1.29 is 9.59 Å². The number of nitrogens with zero attached hydrogens (tertiary/aromatic N) is 1. The van der Waals surface area contributed by atoms with Gasteiger partial charge in [-0.3, -0.25) is 14.6 Å². The van der Waals surface area contributed by atoms with Crippen LogP contribution in [-0.4, -0.2) is 24.3 Å². The Morgan fingerprint density at radius 2 is 2.29 bits per heavy atom. The first-order valence-corrected chi connectivity index (χ1v) is 1.80. The van der Waals surface area contributed by atoms with E-state index >= 15 is 0 Å². The second-order valence-corrected chi connectivity index (χ2v) is 1.18. The minimum absolute atomic E-state index is 0.00116. The minimum atomic E-state index is -0.597.